The molecule has 0 spiro atoms. The summed E-state index contributed by atoms with van der Waals surface area (Å²) in [5.74, 6) is -0.400. The first kappa shape index (κ1) is 17.3. The van der Waals surface area contributed by atoms with Crippen LogP contribution in [0.15, 0.2) is 48.5 Å². The van der Waals surface area contributed by atoms with Crippen molar-refractivity contribution < 1.29 is 9.59 Å². The van der Waals surface area contributed by atoms with E-state index in [2.05, 4.69) is 20.6 Å². The van der Waals surface area contributed by atoms with Gasteiger partial charge in [0.2, 0.25) is 11.8 Å². The van der Waals surface area contributed by atoms with Crippen LogP contribution in [0.25, 0.3) is 26.5 Å². The highest BCUT2D eigenvalue weighted by Crippen LogP contribution is 2.28. The molecule has 0 fully saturated rings. The minimum absolute atomic E-state index is 0.132. The quantitative estimate of drug-likeness (QED) is 0.499. The molecule has 2 aromatic carbocycles. The van der Waals surface area contributed by atoms with Gasteiger partial charge in [0.05, 0.1) is 20.4 Å². The summed E-state index contributed by atoms with van der Waals surface area (Å²) in [5, 5.41) is 6.78. The molecule has 0 aliphatic heterocycles. The third-order valence-corrected chi connectivity index (χ3v) is 5.56. The van der Waals surface area contributed by atoms with E-state index in [4.69, 9.17) is 0 Å². The Bertz CT molecular complexity index is 1160. The summed E-state index contributed by atoms with van der Waals surface area (Å²) in [6, 6.07) is 13.3. The number of anilines is 2. The Morgan fingerprint density at radius 1 is 0.963 bits per heavy atom. The summed E-state index contributed by atoms with van der Waals surface area (Å²) in [4.78, 5) is 32.2. The first-order valence-corrected chi connectivity index (χ1v) is 9.73. The third kappa shape index (κ3) is 4.02. The first-order chi connectivity index (χ1) is 13.1. The molecule has 8 heteroatoms. The number of para-hydroxylation sites is 1. The number of aromatic nitrogens is 2. The number of carbonyl (C=O) groups is 2. The molecule has 2 heterocycles. The lowest BCUT2D eigenvalue weighted by atomic mass is 10.3. The van der Waals surface area contributed by atoms with Gasteiger partial charge in [-0.2, -0.15) is 0 Å². The summed E-state index contributed by atoms with van der Waals surface area (Å²) in [5.41, 5.74) is 2.38. The maximum Gasteiger partial charge on any atom is 0.250 e. The van der Waals surface area contributed by atoms with E-state index in [1.54, 1.807) is 12.1 Å². The van der Waals surface area contributed by atoms with Gasteiger partial charge in [0.15, 0.2) is 5.13 Å². The van der Waals surface area contributed by atoms with E-state index < -0.39 is 0 Å². The van der Waals surface area contributed by atoms with Gasteiger partial charge in [0, 0.05) is 18.7 Å². The number of thiazole rings is 2. The lowest BCUT2D eigenvalue weighted by Gasteiger charge is -1.99. The average molecular weight is 394 g/mol. The van der Waals surface area contributed by atoms with E-state index in [9.17, 15) is 9.59 Å². The Labute approximate surface area is 162 Å². The topological polar surface area (TPSA) is 84.0 Å². The van der Waals surface area contributed by atoms with E-state index in [1.807, 2.05) is 36.4 Å². The van der Waals surface area contributed by atoms with Crippen LogP contribution in [-0.2, 0) is 9.59 Å². The largest absolute Gasteiger partial charge is 0.326 e. The van der Waals surface area contributed by atoms with Crippen molar-refractivity contribution >= 4 is 71.8 Å². The summed E-state index contributed by atoms with van der Waals surface area (Å²) in [6.07, 6.45) is 3.15. The second kappa shape index (κ2) is 7.26. The fourth-order valence-corrected chi connectivity index (χ4v) is 4.29. The third-order valence-electron chi connectivity index (χ3n) is 3.63. The Balaban J connectivity index is 1.47. The highest BCUT2D eigenvalue weighted by molar-refractivity contribution is 7.22. The van der Waals surface area contributed by atoms with Gasteiger partial charge in [0.1, 0.15) is 5.01 Å². The predicted octanol–water partition coefficient (Wildman–Crippen LogP) is 4.52. The molecule has 2 amide bonds. The smallest absolute Gasteiger partial charge is 0.250 e. The van der Waals surface area contributed by atoms with Crippen molar-refractivity contribution in [3.63, 3.8) is 0 Å². The molecule has 0 saturated heterocycles. The van der Waals surface area contributed by atoms with Crippen LogP contribution in [0, 0.1) is 0 Å². The van der Waals surface area contributed by atoms with E-state index in [0.29, 0.717) is 10.8 Å². The molecule has 2 aromatic heterocycles. The SMILES string of the molecule is CC(=O)Nc1ccc2nc(NC(=O)/C=C/c3nc4ccccc4s3)sc2c1. The van der Waals surface area contributed by atoms with Crippen molar-refractivity contribution in [3.8, 4) is 0 Å². The lowest BCUT2D eigenvalue weighted by Crippen LogP contribution is -2.07. The van der Waals surface area contributed by atoms with Crippen molar-refractivity contribution in [1.82, 2.24) is 9.97 Å². The Morgan fingerprint density at radius 2 is 1.78 bits per heavy atom. The number of carbonyl (C=O) groups excluding carboxylic acids is 2. The second-order valence-electron chi connectivity index (χ2n) is 5.73. The molecule has 0 radical (unpaired) electrons. The van der Waals surface area contributed by atoms with Gasteiger partial charge in [-0.25, -0.2) is 9.97 Å². The maximum atomic E-state index is 12.2. The van der Waals surface area contributed by atoms with E-state index in [-0.39, 0.29) is 11.8 Å². The number of benzene rings is 2. The molecule has 27 heavy (non-hydrogen) atoms. The number of fused-ring (bicyclic) bond motifs is 2. The summed E-state index contributed by atoms with van der Waals surface area (Å²) in [7, 11) is 0. The van der Waals surface area contributed by atoms with Crippen LogP contribution in [-0.4, -0.2) is 21.8 Å². The Hall–Kier alpha value is -3.10. The average Bonchev–Trinajstić information content (AvgIpc) is 3.21. The zero-order valence-corrected chi connectivity index (χ0v) is 15.9. The van der Waals surface area contributed by atoms with Crippen molar-refractivity contribution in [2.75, 3.05) is 10.6 Å². The molecule has 0 aliphatic carbocycles. The zero-order valence-electron chi connectivity index (χ0n) is 14.2. The molecule has 4 aromatic rings. The number of rotatable bonds is 4. The molecule has 0 aliphatic rings. The first-order valence-electron chi connectivity index (χ1n) is 8.10. The number of nitrogens with zero attached hydrogens (tertiary/aromatic N) is 2. The van der Waals surface area contributed by atoms with Crippen molar-refractivity contribution in [2.24, 2.45) is 0 Å². The van der Waals surface area contributed by atoms with E-state index >= 15 is 0 Å². The molecule has 0 bridgehead atoms. The van der Waals surface area contributed by atoms with Crippen molar-refractivity contribution in [1.29, 1.82) is 0 Å². The zero-order chi connectivity index (χ0) is 18.8. The van der Waals surface area contributed by atoms with Crippen LogP contribution in [0.4, 0.5) is 10.8 Å². The minimum atomic E-state index is -0.268. The highest BCUT2D eigenvalue weighted by Gasteiger charge is 2.08. The number of amides is 2. The molecular weight excluding hydrogens is 380 g/mol. The standard InChI is InChI=1S/C19H14N4O2S2/c1-11(24)20-12-6-7-14-16(10-12)27-19(22-14)23-17(25)8-9-18-21-13-4-2-3-5-15(13)26-18/h2-10H,1H3,(H,20,24)(H,22,23,25)/b9-8+. The summed E-state index contributed by atoms with van der Waals surface area (Å²) in [6.45, 7) is 1.46. The predicted molar refractivity (Wildman–Crippen MR) is 111 cm³/mol. The molecular formula is C19H14N4O2S2. The van der Waals surface area contributed by atoms with Gasteiger partial charge in [-0.3, -0.25) is 14.9 Å². The number of hydrogen-bond acceptors (Lipinski definition) is 6. The van der Waals surface area contributed by atoms with Crippen LogP contribution in [0.3, 0.4) is 0 Å². The van der Waals surface area contributed by atoms with Crippen LogP contribution in [0.1, 0.15) is 11.9 Å². The summed E-state index contributed by atoms with van der Waals surface area (Å²) < 4.78 is 1.96. The van der Waals surface area contributed by atoms with E-state index in [1.165, 1.54) is 35.7 Å². The normalized spacial score (nSPS) is 11.3. The van der Waals surface area contributed by atoms with Gasteiger partial charge in [0.25, 0.3) is 0 Å². The maximum absolute atomic E-state index is 12.2. The van der Waals surface area contributed by atoms with Gasteiger partial charge in [-0.1, -0.05) is 23.5 Å². The van der Waals surface area contributed by atoms with Crippen LogP contribution < -0.4 is 10.6 Å². The van der Waals surface area contributed by atoms with Gasteiger partial charge >= 0.3 is 0 Å². The van der Waals surface area contributed by atoms with Crippen molar-refractivity contribution in [3.05, 3.63) is 53.5 Å². The minimum Gasteiger partial charge on any atom is -0.326 e. The molecule has 2 N–H and O–H groups in total. The van der Waals surface area contributed by atoms with Crippen LogP contribution in [0.2, 0.25) is 0 Å². The number of hydrogen-bond donors (Lipinski definition) is 2. The number of nitrogens with one attached hydrogen (secondary N) is 2. The summed E-state index contributed by atoms with van der Waals surface area (Å²) >= 11 is 2.88. The fourth-order valence-electron chi connectivity index (χ4n) is 2.51. The molecule has 0 saturated carbocycles. The molecule has 4 rings (SSSR count). The fraction of sp³-hybridized carbons (Fsp3) is 0.0526. The van der Waals surface area contributed by atoms with E-state index in [0.717, 1.165) is 25.4 Å². The van der Waals surface area contributed by atoms with Crippen molar-refractivity contribution in [2.45, 2.75) is 6.92 Å². The highest BCUT2D eigenvalue weighted by atomic mass is 32.1. The lowest BCUT2D eigenvalue weighted by molar-refractivity contribution is -0.114. The van der Waals surface area contributed by atoms with Crippen LogP contribution >= 0.6 is 22.7 Å². The Kier molecular flexibility index (Phi) is 4.66. The monoisotopic (exact) mass is 394 g/mol. The molecule has 0 atom stereocenters. The molecule has 134 valence electrons. The van der Waals surface area contributed by atoms with Gasteiger partial charge in [-0.05, 0) is 36.4 Å². The second-order valence-corrected chi connectivity index (χ2v) is 7.82. The van der Waals surface area contributed by atoms with Crippen LogP contribution in [0.5, 0.6) is 0 Å². The van der Waals surface area contributed by atoms with Gasteiger partial charge < -0.3 is 5.32 Å². The Morgan fingerprint density at radius 3 is 2.59 bits per heavy atom. The molecule has 0 unspecified atom stereocenters. The van der Waals surface area contributed by atoms with Gasteiger partial charge in [-0.15, -0.1) is 11.3 Å². The molecule has 6 nitrogen and oxygen atoms in total.